The number of fused-ring (bicyclic) bond motifs is 1. The molecule has 0 aliphatic carbocycles. The molecule has 5 heteroatoms. The minimum absolute atomic E-state index is 0.369. The Balaban J connectivity index is 1.94. The Morgan fingerprint density at radius 2 is 1.95 bits per heavy atom. The van der Waals surface area contributed by atoms with Crippen LogP contribution in [0.3, 0.4) is 0 Å². The zero-order chi connectivity index (χ0) is 14.1. The number of hydrogen-bond acceptors (Lipinski definition) is 2. The second-order valence-electron chi connectivity index (χ2n) is 4.45. The van der Waals surface area contributed by atoms with Crippen molar-refractivity contribution in [2.75, 3.05) is 0 Å². The van der Waals surface area contributed by atoms with Crippen LogP contribution in [-0.4, -0.2) is 9.97 Å². The number of hydrogen-bond donors (Lipinski definition) is 1. The molecular weight excluding hydrogens is 260 g/mol. The first-order valence-corrected chi connectivity index (χ1v) is 5.98. The summed E-state index contributed by atoms with van der Waals surface area (Å²) < 4.78 is 26.0. The Kier molecular flexibility index (Phi) is 2.92. The minimum Gasteiger partial charge on any atom is -0.342 e. The molecule has 0 unspecified atom stereocenters. The van der Waals surface area contributed by atoms with Gasteiger partial charge >= 0.3 is 0 Å². The lowest BCUT2D eigenvalue weighted by Crippen LogP contribution is -1.93. The van der Waals surface area contributed by atoms with Crippen LogP contribution in [0.2, 0.25) is 0 Å². The van der Waals surface area contributed by atoms with Crippen LogP contribution in [0.15, 0.2) is 36.4 Å². The van der Waals surface area contributed by atoms with Crippen LogP contribution in [0.4, 0.5) is 8.78 Å². The lowest BCUT2D eigenvalue weighted by Gasteiger charge is -1.99. The van der Waals surface area contributed by atoms with Gasteiger partial charge in [-0.05, 0) is 35.9 Å². The van der Waals surface area contributed by atoms with E-state index in [1.54, 1.807) is 18.2 Å². The normalized spacial score (nSPS) is 10.7. The average Bonchev–Trinajstić information content (AvgIpc) is 2.84. The molecule has 0 amide bonds. The van der Waals surface area contributed by atoms with Crippen molar-refractivity contribution in [2.45, 2.75) is 6.42 Å². The SMILES string of the molecule is N#Cc1ccc2nc(Cc3ccc(F)c(F)c3)[nH]c2c1. The van der Waals surface area contributed by atoms with E-state index < -0.39 is 11.6 Å². The molecule has 1 N–H and O–H groups in total. The maximum atomic E-state index is 13.1. The smallest absolute Gasteiger partial charge is 0.159 e. The van der Waals surface area contributed by atoms with E-state index in [1.165, 1.54) is 6.07 Å². The zero-order valence-electron chi connectivity index (χ0n) is 10.3. The quantitative estimate of drug-likeness (QED) is 0.776. The van der Waals surface area contributed by atoms with Crippen molar-refractivity contribution in [3.8, 4) is 6.07 Å². The molecule has 1 heterocycles. The Bertz CT molecular complexity index is 831. The van der Waals surface area contributed by atoms with Crippen molar-refractivity contribution in [3.05, 3.63) is 65.0 Å². The van der Waals surface area contributed by atoms with Crippen LogP contribution in [0.5, 0.6) is 0 Å². The highest BCUT2D eigenvalue weighted by Crippen LogP contribution is 2.16. The first-order valence-electron chi connectivity index (χ1n) is 5.98. The lowest BCUT2D eigenvalue weighted by atomic mass is 10.1. The van der Waals surface area contributed by atoms with Gasteiger partial charge in [0.05, 0.1) is 22.7 Å². The highest BCUT2D eigenvalue weighted by Gasteiger charge is 2.07. The van der Waals surface area contributed by atoms with E-state index >= 15 is 0 Å². The number of aromatic nitrogens is 2. The number of halogens is 2. The van der Waals surface area contributed by atoms with Gasteiger partial charge in [0.2, 0.25) is 0 Å². The molecule has 98 valence electrons. The van der Waals surface area contributed by atoms with E-state index in [0.29, 0.717) is 23.4 Å². The minimum atomic E-state index is -0.870. The van der Waals surface area contributed by atoms with Gasteiger partial charge in [-0.2, -0.15) is 5.26 Å². The van der Waals surface area contributed by atoms with Crippen molar-refractivity contribution in [1.29, 1.82) is 5.26 Å². The van der Waals surface area contributed by atoms with Gasteiger partial charge in [-0.1, -0.05) is 6.07 Å². The molecule has 0 aliphatic rings. The second kappa shape index (κ2) is 4.74. The molecule has 3 aromatic rings. The summed E-state index contributed by atoms with van der Waals surface area (Å²) in [6.45, 7) is 0. The van der Waals surface area contributed by atoms with Crippen molar-refractivity contribution < 1.29 is 8.78 Å². The third-order valence-electron chi connectivity index (χ3n) is 3.02. The summed E-state index contributed by atoms with van der Waals surface area (Å²) in [5.74, 6) is -1.09. The van der Waals surface area contributed by atoms with E-state index in [2.05, 4.69) is 16.0 Å². The molecule has 2 aromatic carbocycles. The summed E-state index contributed by atoms with van der Waals surface area (Å²) in [6.07, 6.45) is 0.369. The Morgan fingerprint density at radius 1 is 1.10 bits per heavy atom. The molecule has 0 bridgehead atoms. The van der Waals surface area contributed by atoms with Crippen LogP contribution in [-0.2, 0) is 6.42 Å². The molecule has 20 heavy (non-hydrogen) atoms. The van der Waals surface area contributed by atoms with E-state index in [9.17, 15) is 8.78 Å². The number of rotatable bonds is 2. The molecule has 0 saturated carbocycles. The first-order chi connectivity index (χ1) is 9.65. The molecule has 0 atom stereocenters. The van der Waals surface area contributed by atoms with Crippen molar-refractivity contribution in [3.63, 3.8) is 0 Å². The van der Waals surface area contributed by atoms with Gasteiger partial charge in [-0.3, -0.25) is 0 Å². The number of imidazole rings is 1. The average molecular weight is 269 g/mol. The van der Waals surface area contributed by atoms with Gasteiger partial charge in [-0.15, -0.1) is 0 Å². The lowest BCUT2D eigenvalue weighted by molar-refractivity contribution is 0.507. The Hall–Kier alpha value is -2.74. The molecule has 3 rings (SSSR count). The van der Waals surface area contributed by atoms with Crippen molar-refractivity contribution >= 4 is 11.0 Å². The fourth-order valence-electron chi connectivity index (χ4n) is 2.06. The van der Waals surface area contributed by atoms with Crippen LogP contribution in [0.25, 0.3) is 11.0 Å². The van der Waals surface area contributed by atoms with E-state index in [0.717, 1.165) is 23.2 Å². The van der Waals surface area contributed by atoms with Gasteiger partial charge in [0.15, 0.2) is 11.6 Å². The molecule has 0 spiro atoms. The Morgan fingerprint density at radius 3 is 2.70 bits per heavy atom. The molecule has 3 nitrogen and oxygen atoms in total. The highest BCUT2D eigenvalue weighted by molar-refractivity contribution is 5.76. The predicted molar refractivity (Wildman–Crippen MR) is 70.0 cm³/mol. The fraction of sp³-hybridized carbons (Fsp3) is 0.0667. The van der Waals surface area contributed by atoms with Gasteiger partial charge in [0.1, 0.15) is 5.82 Å². The maximum absolute atomic E-state index is 13.1. The van der Waals surface area contributed by atoms with Crippen LogP contribution >= 0.6 is 0 Å². The fourth-order valence-corrected chi connectivity index (χ4v) is 2.06. The summed E-state index contributed by atoms with van der Waals surface area (Å²) in [5, 5.41) is 8.83. The Labute approximate surface area is 113 Å². The number of aromatic amines is 1. The summed E-state index contributed by atoms with van der Waals surface area (Å²) in [7, 11) is 0. The summed E-state index contributed by atoms with van der Waals surface area (Å²) in [5.41, 5.74) is 2.66. The largest absolute Gasteiger partial charge is 0.342 e. The number of benzene rings is 2. The van der Waals surface area contributed by atoms with Crippen molar-refractivity contribution in [2.24, 2.45) is 0 Å². The zero-order valence-corrected chi connectivity index (χ0v) is 10.3. The van der Waals surface area contributed by atoms with Gasteiger partial charge in [0.25, 0.3) is 0 Å². The first kappa shape index (κ1) is 12.3. The summed E-state index contributed by atoms with van der Waals surface area (Å²) >= 11 is 0. The number of nitrogens with one attached hydrogen (secondary N) is 1. The van der Waals surface area contributed by atoms with Gasteiger partial charge in [0, 0.05) is 6.42 Å². The highest BCUT2D eigenvalue weighted by atomic mass is 19.2. The molecule has 0 aliphatic heterocycles. The third kappa shape index (κ3) is 2.24. The third-order valence-corrected chi connectivity index (χ3v) is 3.02. The summed E-state index contributed by atoms with van der Waals surface area (Å²) in [4.78, 5) is 7.43. The monoisotopic (exact) mass is 269 g/mol. The molecule has 0 fully saturated rings. The van der Waals surface area contributed by atoms with Crippen LogP contribution < -0.4 is 0 Å². The summed E-state index contributed by atoms with van der Waals surface area (Å²) in [6, 6.07) is 11.0. The number of nitrogens with zero attached hydrogens (tertiary/aromatic N) is 2. The van der Waals surface area contributed by atoms with Gasteiger partial charge < -0.3 is 4.98 Å². The van der Waals surface area contributed by atoms with E-state index in [4.69, 9.17) is 5.26 Å². The number of H-pyrrole nitrogens is 1. The van der Waals surface area contributed by atoms with Crippen LogP contribution in [0.1, 0.15) is 17.0 Å². The molecule has 0 saturated heterocycles. The second-order valence-corrected chi connectivity index (χ2v) is 4.45. The maximum Gasteiger partial charge on any atom is 0.159 e. The van der Waals surface area contributed by atoms with Crippen LogP contribution in [0, 0.1) is 23.0 Å². The van der Waals surface area contributed by atoms with E-state index in [-0.39, 0.29) is 0 Å². The van der Waals surface area contributed by atoms with E-state index in [1.807, 2.05) is 0 Å². The number of nitriles is 1. The van der Waals surface area contributed by atoms with Crippen molar-refractivity contribution in [1.82, 2.24) is 9.97 Å². The molecule has 0 radical (unpaired) electrons. The predicted octanol–water partition coefficient (Wildman–Crippen LogP) is 3.30. The standard InChI is InChI=1S/C15H9F2N3/c16-11-3-1-9(5-12(11)17)7-15-19-13-4-2-10(8-18)6-14(13)20-15/h1-6H,7H2,(H,19,20). The topological polar surface area (TPSA) is 52.5 Å². The molecular formula is C15H9F2N3. The van der Waals surface area contributed by atoms with Gasteiger partial charge in [-0.25, -0.2) is 13.8 Å². The molecule has 1 aromatic heterocycles.